The molecule has 0 radical (unpaired) electrons. The Labute approximate surface area is 141 Å². The number of carbonyl (C=O) groups is 2. The number of esters is 1. The minimum absolute atomic E-state index is 0.0754. The summed E-state index contributed by atoms with van der Waals surface area (Å²) >= 11 is 0. The molecular formula is C18H21N3O3. The molecule has 0 saturated heterocycles. The lowest BCUT2D eigenvalue weighted by Gasteiger charge is -2.16. The fraction of sp³-hybridized carbons (Fsp3) is 0.278. The van der Waals surface area contributed by atoms with Crippen LogP contribution in [-0.4, -0.2) is 23.5 Å². The van der Waals surface area contributed by atoms with Crippen molar-refractivity contribution in [1.29, 1.82) is 0 Å². The normalized spacial score (nSPS) is 11.6. The van der Waals surface area contributed by atoms with Crippen molar-refractivity contribution in [2.24, 2.45) is 0 Å². The first-order chi connectivity index (χ1) is 11.4. The van der Waals surface area contributed by atoms with Crippen LogP contribution >= 0.6 is 0 Å². The van der Waals surface area contributed by atoms with Crippen LogP contribution in [0.3, 0.4) is 0 Å². The Morgan fingerprint density at radius 2 is 2.00 bits per heavy atom. The summed E-state index contributed by atoms with van der Waals surface area (Å²) in [6.45, 7) is 5.56. The summed E-state index contributed by atoms with van der Waals surface area (Å²) in [5.74, 6) is -0.975. The summed E-state index contributed by atoms with van der Waals surface area (Å²) < 4.78 is 4.98. The van der Waals surface area contributed by atoms with Crippen LogP contribution < -0.4 is 11.1 Å². The lowest BCUT2D eigenvalue weighted by atomic mass is 10.0. The second-order valence-corrected chi connectivity index (χ2v) is 5.65. The van der Waals surface area contributed by atoms with E-state index in [4.69, 9.17) is 10.5 Å². The van der Waals surface area contributed by atoms with Crippen molar-refractivity contribution in [3.05, 3.63) is 58.8 Å². The minimum atomic E-state index is -0.672. The largest absolute Gasteiger partial charge is 0.452 e. The molecular weight excluding hydrogens is 306 g/mol. The molecule has 0 spiro atoms. The fourth-order valence-electron chi connectivity index (χ4n) is 2.20. The van der Waals surface area contributed by atoms with Crippen molar-refractivity contribution in [1.82, 2.24) is 10.3 Å². The number of anilines is 1. The van der Waals surface area contributed by atoms with Gasteiger partial charge in [0.25, 0.3) is 5.91 Å². The van der Waals surface area contributed by atoms with Gasteiger partial charge < -0.3 is 15.8 Å². The molecule has 0 saturated carbocycles. The van der Waals surface area contributed by atoms with Crippen molar-refractivity contribution in [2.45, 2.75) is 26.8 Å². The van der Waals surface area contributed by atoms with Crippen LogP contribution in [0.25, 0.3) is 0 Å². The van der Waals surface area contributed by atoms with Gasteiger partial charge in [0, 0.05) is 6.20 Å². The molecule has 6 heteroatoms. The van der Waals surface area contributed by atoms with E-state index >= 15 is 0 Å². The molecule has 0 unspecified atom stereocenters. The molecule has 1 atom stereocenters. The number of nitrogens with zero attached hydrogens (tertiary/aromatic N) is 1. The first-order valence-electron chi connectivity index (χ1n) is 7.62. The maximum Gasteiger partial charge on any atom is 0.342 e. The molecule has 3 N–H and O–H groups in total. The van der Waals surface area contributed by atoms with Crippen LogP contribution in [-0.2, 0) is 9.53 Å². The van der Waals surface area contributed by atoms with Gasteiger partial charge in [-0.25, -0.2) is 9.78 Å². The number of benzene rings is 1. The Balaban J connectivity index is 1.90. The molecule has 2 aromatic rings. The fourth-order valence-corrected chi connectivity index (χ4v) is 2.20. The summed E-state index contributed by atoms with van der Waals surface area (Å²) in [5, 5.41) is 2.80. The number of nitrogen functional groups attached to an aromatic ring is 1. The topological polar surface area (TPSA) is 94.3 Å². The Hall–Kier alpha value is -2.89. The van der Waals surface area contributed by atoms with E-state index in [1.165, 1.54) is 17.8 Å². The third kappa shape index (κ3) is 4.32. The first kappa shape index (κ1) is 17.5. The summed E-state index contributed by atoms with van der Waals surface area (Å²) in [4.78, 5) is 27.7. The van der Waals surface area contributed by atoms with Crippen LogP contribution in [0.5, 0.6) is 0 Å². The predicted molar refractivity (Wildman–Crippen MR) is 91.4 cm³/mol. The number of nitrogens with one attached hydrogen (secondary N) is 1. The quantitative estimate of drug-likeness (QED) is 0.822. The van der Waals surface area contributed by atoms with Crippen molar-refractivity contribution in [3.8, 4) is 0 Å². The summed E-state index contributed by atoms with van der Waals surface area (Å²) in [5.41, 5.74) is 9.09. The van der Waals surface area contributed by atoms with Gasteiger partial charge >= 0.3 is 5.97 Å². The zero-order valence-corrected chi connectivity index (χ0v) is 14.0. The monoisotopic (exact) mass is 327 g/mol. The Kier molecular flexibility index (Phi) is 5.52. The van der Waals surface area contributed by atoms with Crippen LogP contribution in [0, 0.1) is 13.8 Å². The van der Waals surface area contributed by atoms with Gasteiger partial charge in [-0.2, -0.15) is 0 Å². The van der Waals surface area contributed by atoms with Crippen LogP contribution in [0.15, 0.2) is 36.5 Å². The molecule has 0 aliphatic heterocycles. The van der Waals surface area contributed by atoms with E-state index in [-0.39, 0.29) is 29.9 Å². The molecule has 1 aromatic heterocycles. The number of rotatable bonds is 5. The molecule has 6 nitrogen and oxygen atoms in total. The number of hydrogen-bond donors (Lipinski definition) is 2. The first-order valence-corrected chi connectivity index (χ1v) is 7.62. The number of aryl methyl sites for hydroxylation is 2. The number of ether oxygens (including phenoxy) is 1. The van der Waals surface area contributed by atoms with Gasteiger partial charge in [-0.05, 0) is 49.6 Å². The van der Waals surface area contributed by atoms with Crippen LogP contribution in [0.4, 0.5) is 5.82 Å². The van der Waals surface area contributed by atoms with E-state index in [0.29, 0.717) is 0 Å². The second kappa shape index (κ2) is 7.59. The molecule has 0 fully saturated rings. The molecule has 1 aromatic carbocycles. The summed E-state index contributed by atoms with van der Waals surface area (Å²) in [6.07, 6.45) is 1.48. The lowest BCUT2D eigenvalue weighted by molar-refractivity contribution is -0.124. The standard InChI is InChI=1S/C18H21N3O3/c1-11-6-7-14(9-12(11)2)13(3)21-16(22)10-24-18(23)15-5-4-8-20-17(15)19/h4-9,13H,10H2,1-3H3,(H2,19,20)(H,21,22)/t13-/m1/s1. The highest BCUT2D eigenvalue weighted by atomic mass is 16.5. The maximum absolute atomic E-state index is 12.0. The zero-order chi connectivity index (χ0) is 17.7. The predicted octanol–water partition coefficient (Wildman–Crippen LogP) is 2.31. The van der Waals surface area contributed by atoms with Gasteiger partial charge in [0.15, 0.2) is 6.61 Å². The number of nitrogens with two attached hydrogens (primary N) is 1. The number of pyridine rings is 1. The highest BCUT2D eigenvalue weighted by molar-refractivity contribution is 5.95. The Morgan fingerprint density at radius 1 is 1.25 bits per heavy atom. The van der Waals surface area contributed by atoms with E-state index in [9.17, 15) is 9.59 Å². The maximum atomic E-state index is 12.0. The molecule has 1 heterocycles. The van der Waals surface area contributed by atoms with Crippen molar-refractivity contribution in [3.63, 3.8) is 0 Å². The summed E-state index contributed by atoms with van der Waals surface area (Å²) in [6, 6.07) is 8.91. The van der Waals surface area contributed by atoms with Crippen molar-refractivity contribution < 1.29 is 14.3 Å². The molecule has 1 amide bonds. The molecule has 2 rings (SSSR count). The van der Waals surface area contributed by atoms with Crippen LogP contribution in [0.1, 0.15) is 40.0 Å². The van der Waals surface area contributed by atoms with Gasteiger partial charge in [-0.15, -0.1) is 0 Å². The highest BCUT2D eigenvalue weighted by Gasteiger charge is 2.15. The number of carbonyl (C=O) groups excluding carboxylic acids is 2. The minimum Gasteiger partial charge on any atom is -0.452 e. The Bertz CT molecular complexity index is 759. The van der Waals surface area contributed by atoms with E-state index < -0.39 is 5.97 Å². The average Bonchev–Trinajstić information content (AvgIpc) is 2.55. The third-order valence-electron chi connectivity index (χ3n) is 3.80. The third-order valence-corrected chi connectivity index (χ3v) is 3.80. The SMILES string of the molecule is Cc1ccc([C@@H](C)NC(=O)COC(=O)c2cccnc2N)cc1C. The number of aromatic nitrogens is 1. The van der Waals surface area contributed by atoms with E-state index in [2.05, 4.69) is 10.3 Å². The molecule has 0 aliphatic rings. The highest BCUT2D eigenvalue weighted by Crippen LogP contribution is 2.16. The second-order valence-electron chi connectivity index (χ2n) is 5.65. The van der Waals surface area contributed by atoms with Gasteiger partial charge in [-0.3, -0.25) is 4.79 Å². The Morgan fingerprint density at radius 3 is 2.67 bits per heavy atom. The van der Waals surface area contributed by atoms with E-state index in [1.807, 2.05) is 39.0 Å². The van der Waals surface area contributed by atoms with Gasteiger partial charge in [0.2, 0.25) is 0 Å². The number of amides is 1. The number of hydrogen-bond acceptors (Lipinski definition) is 5. The summed E-state index contributed by atoms with van der Waals surface area (Å²) in [7, 11) is 0. The van der Waals surface area contributed by atoms with E-state index in [0.717, 1.165) is 11.1 Å². The molecule has 126 valence electrons. The lowest BCUT2D eigenvalue weighted by Crippen LogP contribution is -2.31. The van der Waals surface area contributed by atoms with Gasteiger partial charge in [-0.1, -0.05) is 18.2 Å². The molecule has 0 bridgehead atoms. The van der Waals surface area contributed by atoms with E-state index in [1.54, 1.807) is 6.07 Å². The zero-order valence-electron chi connectivity index (χ0n) is 14.0. The van der Waals surface area contributed by atoms with Crippen LogP contribution in [0.2, 0.25) is 0 Å². The smallest absolute Gasteiger partial charge is 0.342 e. The van der Waals surface area contributed by atoms with Crippen molar-refractivity contribution in [2.75, 3.05) is 12.3 Å². The van der Waals surface area contributed by atoms with Gasteiger partial charge in [0.1, 0.15) is 11.4 Å². The van der Waals surface area contributed by atoms with Gasteiger partial charge in [0.05, 0.1) is 6.04 Å². The molecule has 24 heavy (non-hydrogen) atoms. The average molecular weight is 327 g/mol. The molecule has 0 aliphatic carbocycles. The van der Waals surface area contributed by atoms with Crippen molar-refractivity contribution >= 4 is 17.7 Å².